The topological polar surface area (TPSA) is 108 Å². The smallest absolute Gasteiger partial charge is 0.276 e. The predicted molar refractivity (Wildman–Crippen MR) is 101 cm³/mol. The maximum absolute atomic E-state index is 12.3. The van der Waals surface area contributed by atoms with E-state index in [1.54, 1.807) is 41.3 Å². The Morgan fingerprint density at radius 3 is 2.07 bits per heavy atom. The quantitative estimate of drug-likeness (QED) is 0.762. The molecule has 0 bridgehead atoms. The van der Waals surface area contributed by atoms with Crippen molar-refractivity contribution in [2.24, 2.45) is 0 Å². The van der Waals surface area contributed by atoms with Crippen molar-refractivity contribution >= 4 is 35.4 Å². The highest BCUT2D eigenvalue weighted by Crippen LogP contribution is 2.15. The molecule has 0 saturated carbocycles. The molecule has 1 aliphatic heterocycles. The molecule has 1 aliphatic rings. The number of carbonyl (C=O) groups excluding carboxylic acids is 3. The SMILES string of the molecule is CC(=O)Nc1ccc(NC(=O)c2ccc(N3CCN(C=O)CC3)nn2)cc1. The third-order valence-corrected chi connectivity index (χ3v) is 4.13. The molecule has 0 atom stereocenters. The Balaban J connectivity index is 1.59. The van der Waals surface area contributed by atoms with Crippen molar-refractivity contribution in [2.75, 3.05) is 41.7 Å². The van der Waals surface area contributed by atoms with Gasteiger partial charge in [0.25, 0.3) is 5.91 Å². The summed E-state index contributed by atoms with van der Waals surface area (Å²) in [7, 11) is 0. The summed E-state index contributed by atoms with van der Waals surface area (Å²) in [6.45, 7) is 4.07. The van der Waals surface area contributed by atoms with Crippen molar-refractivity contribution in [3.8, 4) is 0 Å². The zero-order valence-electron chi connectivity index (χ0n) is 14.9. The number of amides is 3. The van der Waals surface area contributed by atoms with E-state index in [4.69, 9.17) is 0 Å². The van der Waals surface area contributed by atoms with Gasteiger partial charge < -0.3 is 20.4 Å². The van der Waals surface area contributed by atoms with Gasteiger partial charge in [-0.3, -0.25) is 14.4 Å². The first-order valence-corrected chi connectivity index (χ1v) is 8.52. The molecule has 3 amide bonds. The molecule has 1 aromatic carbocycles. The highest BCUT2D eigenvalue weighted by molar-refractivity contribution is 6.03. The van der Waals surface area contributed by atoms with Gasteiger partial charge in [-0.15, -0.1) is 10.2 Å². The van der Waals surface area contributed by atoms with Crippen LogP contribution in [0, 0.1) is 0 Å². The fourth-order valence-corrected chi connectivity index (χ4v) is 2.71. The first-order chi connectivity index (χ1) is 13.0. The summed E-state index contributed by atoms with van der Waals surface area (Å²) in [6.07, 6.45) is 0.846. The van der Waals surface area contributed by atoms with Crippen molar-refractivity contribution < 1.29 is 14.4 Å². The molecule has 140 valence electrons. The van der Waals surface area contributed by atoms with Crippen molar-refractivity contribution in [2.45, 2.75) is 6.92 Å². The van der Waals surface area contributed by atoms with E-state index in [9.17, 15) is 14.4 Å². The standard InChI is InChI=1S/C18H20N6O3/c1-13(26)19-14-2-4-15(5-3-14)20-18(27)16-6-7-17(22-21-16)24-10-8-23(12-25)9-11-24/h2-7,12H,8-11H2,1H3,(H,19,26)(H,20,27). The van der Waals surface area contributed by atoms with Crippen LogP contribution in [0.25, 0.3) is 0 Å². The molecule has 1 saturated heterocycles. The van der Waals surface area contributed by atoms with Crippen molar-refractivity contribution in [3.05, 3.63) is 42.1 Å². The molecule has 3 rings (SSSR count). The molecule has 2 aromatic rings. The Bertz CT molecular complexity index is 814. The molecule has 0 unspecified atom stereocenters. The third-order valence-electron chi connectivity index (χ3n) is 4.13. The van der Waals surface area contributed by atoms with E-state index in [1.807, 2.05) is 4.90 Å². The van der Waals surface area contributed by atoms with E-state index in [-0.39, 0.29) is 17.5 Å². The number of rotatable bonds is 5. The van der Waals surface area contributed by atoms with Crippen molar-refractivity contribution in [1.82, 2.24) is 15.1 Å². The van der Waals surface area contributed by atoms with Gasteiger partial charge in [-0.1, -0.05) is 0 Å². The normalized spacial score (nSPS) is 13.8. The second-order valence-electron chi connectivity index (χ2n) is 6.12. The number of carbonyl (C=O) groups is 3. The number of aromatic nitrogens is 2. The number of nitrogens with zero attached hydrogens (tertiary/aromatic N) is 4. The number of hydrogen-bond acceptors (Lipinski definition) is 6. The van der Waals surface area contributed by atoms with E-state index in [0.29, 0.717) is 43.4 Å². The first-order valence-electron chi connectivity index (χ1n) is 8.52. The zero-order valence-corrected chi connectivity index (χ0v) is 14.9. The minimum absolute atomic E-state index is 0.158. The van der Waals surface area contributed by atoms with Crippen LogP contribution in [-0.2, 0) is 9.59 Å². The number of anilines is 3. The second kappa shape index (κ2) is 8.26. The predicted octanol–water partition coefficient (Wildman–Crippen LogP) is 0.966. The molecular weight excluding hydrogens is 348 g/mol. The van der Waals surface area contributed by atoms with Crippen LogP contribution in [0.2, 0.25) is 0 Å². The molecule has 2 N–H and O–H groups in total. The molecule has 0 aliphatic carbocycles. The number of hydrogen-bond donors (Lipinski definition) is 2. The van der Waals surface area contributed by atoms with Crippen LogP contribution in [0.5, 0.6) is 0 Å². The number of benzene rings is 1. The number of nitrogens with one attached hydrogen (secondary N) is 2. The molecular formula is C18H20N6O3. The Kier molecular flexibility index (Phi) is 5.60. The minimum atomic E-state index is -0.368. The van der Waals surface area contributed by atoms with Crippen LogP contribution in [0.15, 0.2) is 36.4 Å². The summed E-state index contributed by atoms with van der Waals surface area (Å²) < 4.78 is 0. The summed E-state index contributed by atoms with van der Waals surface area (Å²) >= 11 is 0. The van der Waals surface area contributed by atoms with Crippen LogP contribution in [-0.4, -0.2) is 59.5 Å². The van der Waals surface area contributed by atoms with Crippen LogP contribution in [0.1, 0.15) is 17.4 Å². The third kappa shape index (κ3) is 4.78. The van der Waals surface area contributed by atoms with Gasteiger partial charge in [0, 0.05) is 44.5 Å². The molecule has 1 aromatic heterocycles. The lowest BCUT2D eigenvalue weighted by Crippen LogP contribution is -2.46. The minimum Gasteiger partial charge on any atom is -0.352 e. The molecule has 0 spiro atoms. The van der Waals surface area contributed by atoms with Gasteiger partial charge in [0.05, 0.1) is 0 Å². The molecule has 27 heavy (non-hydrogen) atoms. The average molecular weight is 368 g/mol. The van der Waals surface area contributed by atoms with Gasteiger partial charge >= 0.3 is 0 Å². The van der Waals surface area contributed by atoms with Crippen LogP contribution in [0.3, 0.4) is 0 Å². The van der Waals surface area contributed by atoms with E-state index >= 15 is 0 Å². The van der Waals surface area contributed by atoms with Crippen molar-refractivity contribution in [1.29, 1.82) is 0 Å². The zero-order chi connectivity index (χ0) is 19.2. The van der Waals surface area contributed by atoms with Crippen LogP contribution < -0.4 is 15.5 Å². The molecule has 9 nitrogen and oxygen atoms in total. The lowest BCUT2D eigenvalue weighted by molar-refractivity contribution is -0.118. The van der Waals surface area contributed by atoms with Gasteiger partial charge in [0.1, 0.15) is 0 Å². The molecule has 2 heterocycles. The van der Waals surface area contributed by atoms with Gasteiger partial charge in [-0.25, -0.2) is 0 Å². The van der Waals surface area contributed by atoms with Crippen LogP contribution >= 0.6 is 0 Å². The molecule has 1 fully saturated rings. The first kappa shape index (κ1) is 18.3. The van der Waals surface area contributed by atoms with E-state index in [1.165, 1.54) is 6.92 Å². The largest absolute Gasteiger partial charge is 0.352 e. The van der Waals surface area contributed by atoms with E-state index in [2.05, 4.69) is 20.8 Å². The van der Waals surface area contributed by atoms with Crippen LogP contribution in [0.4, 0.5) is 17.2 Å². The molecule has 0 radical (unpaired) electrons. The summed E-state index contributed by atoms with van der Waals surface area (Å²) in [5.74, 6) is 0.151. The fraction of sp³-hybridized carbons (Fsp3) is 0.278. The Labute approximate surface area is 156 Å². The highest BCUT2D eigenvalue weighted by Gasteiger charge is 2.17. The monoisotopic (exact) mass is 368 g/mol. The average Bonchev–Trinajstić information content (AvgIpc) is 2.69. The lowest BCUT2D eigenvalue weighted by atomic mass is 10.2. The van der Waals surface area contributed by atoms with Gasteiger partial charge in [-0.05, 0) is 36.4 Å². The van der Waals surface area contributed by atoms with Gasteiger partial charge in [-0.2, -0.15) is 0 Å². The highest BCUT2D eigenvalue weighted by atomic mass is 16.2. The Hall–Kier alpha value is -3.49. The molecule has 9 heteroatoms. The maximum atomic E-state index is 12.3. The summed E-state index contributed by atoms with van der Waals surface area (Å²) in [6, 6.07) is 10.2. The summed E-state index contributed by atoms with van der Waals surface area (Å²) in [4.78, 5) is 37.8. The fourth-order valence-electron chi connectivity index (χ4n) is 2.71. The maximum Gasteiger partial charge on any atom is 0.276 e. The summed E-state index contributed by atoms with van der Waals surface area (Å²) in [5, 5.41) is 13.5. The Morgan fingerprint density at radius 2 is 1.56 bits per heavy atom. The van der Waals surface area contributed by atoms with E-state index in [0.717, 1.165) is 6.41 Å². The summed E-state index contributed by atoms with van der Waals surface area (Å²) in [5.41, 5.74) is 1.44. The van der Waals surface area contributed by atoms with Gasteiger partial charge in [0.2, 0.25) is 12.3 Å². The van der Waals surface area contributed by atoms with Crippen molar-refractivity contribution in [3.63, 3.8) is 0 Å². The lowest BCUT2D eigenvalue weighted by Gasteiger charge is -2.32. The number of piperazine rings is 1. The Morgan fingerprint density at radius 1 is 0.926 bits per heavy atom. The van der Waals surface area contributed by atoms with E-state index < -0.39 is 0 Å². The second-order valence-corrected chi connectivity index (χ2v) is 6.12. The van der Waals surface area contributed by atoms with Gasteiger partial charge in [0.15, 0.2) is 11.5 Å².